The Morgan fingerprint density at radius 2 is 2.18 bits per heavy atom. The van der Waals surface area contributed by atoms with Gasteiger partial charge in [0.15, 0.2) is 5.96 Å². The summed E-state index contributed by atoms with van der Waals surface area (Å²) in [6.07, 6.45) is 7.67. The van der Waals surface area contributed by atoms with E-state index in [1.807, 2.05) is 24.3 Å². The number of anilines is 1. The molecule has 0 aliphatic carbocycles. The number of hydrogen-bond acceptors (Lipinski definition) is 3. The summed E-state index contributed by atoms with van der Waals surface area (Å²) in [6, 6.07) is 8.27. The topological polar surface area (TPSA) is 74.8 Å². The van der Waals surface area contributed by atoms with E-state index in [0.29, 0.717) is 19.2 Å². The third-order valence-corrected chi connectivity index (χ3v) is 4.97. The van der Waals surface area contributed by atoms with Gasteiger partial charge in [0.2, 0.25) is 0 Å². The molecule has 0 radical (unpaired) electrons. The minimum absolute atomic E-state index is 0.0583. The molecule has 2 atom stereocenters. The molecule has 0 aromatic heterocycles. The Morgan fingerprint density at radius 3 is 2.89 bits per heavy atom. The number of carbonyl (C=O) groups is 1. The number of nitrogens with zero attached hydrogens (tertiary/aromatic N) is 1. The summed E-state index contributed by atoms with van der Waals surface area (Å²) >= 11 is 0. The van der Waals surface area contributed by atoms with E-state index in [1.54, 1.807) is 7.05 Å². The van der Waals surface area contributed by atoms with Gasteiger partial charge in [-0.2, -0.15) is 0 Å². The lowest BCUT2D eigenvalue weighted by Gasteiger charge is -2.18. The van der Waals surface area contributed by atoms with Crippen molar-refractivity contribution in [2.45, 2.75) is 77.5 Å². The first-order valence-electron chi connectivity index (χ1n) is 10.6. The van der Waals surface area contributed by atoms with Crippen LogP contribution in [0, 0.1) is 0 Å². The van der Waals surface area contributed by atoms with Gasteiger partial charge in [-0.15, -0.1) is 0 Å². The zero-order valence-corrected chi connectivity index (χ0v) is 17.6. The van der Waals surface area contributed by atoms with Crippen LogP contribution in [-0.4, -0.2) is 37.7 Å². The van der Waals surface area contributed by atoms with Gasteiger partial charge >= 0.3 is 0 Å². The van der Waals surface area contributed by atoms with E-state index in [-0.39, 0.29) is 12.0 Å². The summed E-state index contributed by atoms with van der Waals surface area (Å²) in [7, 11) is 1.79. The van der Waals surface area contributed by atoms with E-state index in [0.717, 1.165) is 36.5 Å². The highest BCUT2D eigenvalue weighted by molar-refractivity contribution is 5.94. The summed E-state index contributed by atoms with van der Waals surface area (Å²) in [5.74, 6) is 0.744. The maximum absolute atomic E-state index is 12.2. The summed E-state index contributed by atoms with van der Waals surface area (Å²) in [5, 5.41) is 9.76. The predicted octanol–water partition coefficient (Wildman–Crippen LogP) is 3.83. The van der Waals surface area contributed by atoms with Gasteiger partial charge in [0.1, 0.15) is 6.10 Å². The maximum Gasteiger partial charge on any atom is 0.253 e. The van der Waals surface area contributed by atoms with E-state index in [4.69, 9.17) is 4.74 Å². The van der Waals surface area contributed by atoms with Crippen LogP contribution >= 0.6 is 0 Å². The van der Waals surface area contributed by atoms with Gasteiger partial charge in [0, 0.05) is 31.9 Å². The zero-order valence-electron chi connectivity index (χ0n) is 17.6. The average molecular weight is 389 g/mol. The molecule has 1 aliphatic heterocycles. The fourth-order valence-electron chi connectivity index (χ4n) is 3.33. The Balaban J connectivity index is 1.78. The maximum atomic E-state index is 12.2. The van der Waals surface area contributed by atoms with Gasteiger partial charge in [-0.1, -0.05) is 44.7 Å². The smallest absolute Gasteiger partial charge is 0.253 e. The molecule has 1 aromatic carbocycles. The minimum atomic E-state index is -0.316. The van der Waals surface area contributed by atoms with Crippen molar-refractivity contribution in [3.8, 4) is 0 Å². The fraction of sp³-hybridized carbons (Fsp3) is 0.636. The van der Waals surface area contributed by atoms with Crippen molar-refractivity contribution in [1.29, 1.82) is 0 Å². The largest absolute Gasteiger partial charge is 0.368 e. The van der Waals surface area contributed by atoms with Crippen molar-refractivity contribution in [2.24, 2.45) is 4.99 Å². The minimum Gasteiger partial charge on any atom is -0.368 e. The van der Waals surface area contributed by atoms with Gasteiger partial charge in [-0.3, -0.25) is 9.79 Å². The number of aliphatic imine (C=N–C) groups is 1. The Hall–Kier alpha value is -2.08. The molecule has 1 fully saturated rings. The number of amides is 1. The number of guanidine groups is 1. The Bertz CT molecular complexity index is 627. The highest BCUT2D eigenvalue weighted by Crippen LogP contribution is 2.16. The molecular weight excluding hydrogens is 352 g/mol. The molecule has 0 spiro atoms. The van der Waals surface area contributed by atoms with Crippen LogP contribution < -0.4 is 16.0 Å². The number of carbonyl (C=O) groups excluding carboxylic acids is 1. The van der Waals surface area contributed by atoms with Crippen molar-refractivity contribution in [2.75, 3.05) is 19.0 Å². The van der Waals surface area contributed by atoms with E-state index in [1.165, 1.54) is 25.7 Å². The van der Waals surface area contributed by atoms with Crippen LogP contribution in [-0.2, 0) is 16.1 Å². The third kappa shape index (κ3) is 7.89. The van der Waals surface area contributed by atoms with Crippen molar-refractivity contribution >= 4 is 17.6 Å². The van der Waals surface area contributed by atoms with Crippen molar-refractivity contribution in [3.05, 3.63) is 29.8 Å². The lowest BCUT2D eigenvalue weighted by molar-refractivity contribution is -0.124. The summed E-state index contributed by atoms with van der Waals surface area (Å²) in [6.45, 7) is 5.74. The second-order valence-corrected chi connectivity index (χ2v) is 7.51. The second-order valence-electron chi connectivity index (χ2n) is 7.51. The van der Waals surface area contributed by atoms with Crippen molar-refractivity contribution in [3.63, 3.8) is 0 Å². The van der Waals surface area contributed by atoms with Crippen molar-refractivity contribution in [1.82, 2.24) is 10.6 Å². The molecule has 3 N–H and O–H groups in total. The van der Waals surface area contributed by atoms with E-state index in [2.05, 4.69) is 34.8 Å². The number of unbranched alkanes of at least 4 members (excludes halogenated alkanes) is 3. The molecule has 156 valence electrons. The number of rotatable bonds is 10. The van der Waals surface area contributed by atoms with Crippen LogP contribution in [0.5, 0.6) is 0 Å². The molecule has 2 unspecified atom stereocenters. The van der Waals surface area contributed by atoms with Crippen LogP contribution in [0.3, 0.4) is 0 Å². The Kier molecular flexibility index (Phi) is 9.83. The monoisotopic (exact) mass is 388 g/mol. The quantitative estimate of drug-likeness (QED) is 0.323. The molecule has 6 nitrogen and oxygen atoms in total. The van der Waals surface area contributed by atoms with Gasteiger partial charge in [-0.05, 0) is 43.9 Å². The molecule has 2 rings (SSSR count). The molecule has 1 amide bonds. The predicted molar refractivity (Wildman–Crippen MR) is 116 cm³/mol. The van der Waals surface area contributed by atoms with Crippen LogP contribution in [0.2, 0.25) is 0 Å². The van der Waals surface area contributed by atoms with Crippen LogP contribution in [0.25, 0.3) is 0 Å². The molecule has 0 saturated carbocycles. The normalized spacial score (nSPS) is 18.0. The number of ether oxygens (including phenoxy) is 1. The standard InChI is InChI=1S/C22H36N4O2/c1-4-5-6-7-10-17(2)25-22(23-3)24-16-18-11-8-12-19(15-18)26-21(27)20-13-9-14-28-20/h8,11-12,15,17,20H,4-7,9-10,13-14,16H2,1-3H3,(H,26,27)(H2,23,24,25). The summed E-state index contributed by atoms with van der Waals surface area (Å²) in [5.41, 5.74) is 1.88. The van der Waals surface area contributed by atoms with Crippen molar-refractivity contribution < 1.29 is 9.53 Å². The van der Waals surface area contributed by atoms with Gasteiger partial charge in [-0.25, -0.2) is 0 Å². The average Bonchev–Trinajstić information content (AvgIpc) is 3.24. The highest BCUT2D eigenvalue weighted by atomic mass is 16.5. The van der Waals surface area contributed by atoms with Gasteiger partial charge in [0.25, 0.3) is 5.91 Å². The molecule has 1 aromatic rings. The first kappa shape index (κ1) is 22.2. The summed E-state index contributed by atoms with van der Waals surface area (Å²) < 4.78 is 5.44. The number of nitrogens with one attached hydrogen (secondary N) is 3. The third-order valence-electron chi connectivity index (χ3n) is 4.97. The van der Waals surface area contributed by atoms with Gasteiger partial charge in [0.05, 0.1) is 0 Å². The van der Waals surface area contributed by atoms with Crippen LogP contribution in [0.15, 0.2) is 29.3 Å². The first-order valence-corrected chi connectivity index (χ1v) is 10.6. The molecule has 0 bridgehead atoms. The first-order chi connectivity index (χ1) is 13.6. The Morgan fingerprint density at radius 1 is 1.32 bits per heavy atom. The van der Waals surface area contributed by atoms with Gasteiger partial charge < -0.3 is 20.7 Å². The molecule has 6 heteroatoms. The number of benzene rings is 1. The lowest BCUT2D eigenvalue weighted by Crippen LogP contribution is -2.41. The Labute approximate surface area is 169 Å². The highest BCUT2D eigenvalue weighted by Gasteiger charge is 2.23. The SMILES string of the molecule is CCCCCCC(C)NC(=NC)NCc1cccc(NC(=O)C2CCCO2)c1. The zero-order chi connectivity index (χ0) is 20.2. The van der Waals surface area contributed by atoms with Crippen LogP contribution in [0.4, 0.5) is 5.69 Å². The van der Waals surface area contributed by atoms with Crippen LogP contribution in [0.1, 0.15) is 64.4 Å². The molecule has 28 heavy (non-hydrogen) atoms. The fourth-order valence-corrected chi connectivity index (χ4v) is 3.33. The summed E-state index contributed by atoms with van der Waals surface area (Å²) in [4.78, 5) is 16.5. The number of hydrogen-bond donors (Lipinski definition) is 3. The molecular formula is C22H36N4O2. The van der Waals surface area contributed by atoms with E-state index >= 15 is 0 Å². The molecule has 1 heterocycles. The second kappa shape index (κ2) is 12.4. The lowest BCUT2D eigenvalue weighted by atomic mass is 10.1. The van der Waals surface area contributed by atoms with E-state index < -0.39 is 0 Å². The molecule has 1 saturated heterocycles. The van der Waals surface area contributed by atoms with E-state index in [9.17, 15) is 4.79 Å². The molecule has 1 aliphatic rings.